The molecule has 7 heteroatoms. The van der Waals surface area contributed by atoms with E-state index in [1.807, 2.05) is 37.3 Å². The van der Waals surface area contributed by atoms with E-state index in [0.717, 1.165) is 54.5 Å². The Bertz CT molecular complexity index is 883. The van der Waals surface area contributed by atoms with Crippen LogP contribution in [0.2, 0.25) is 0 Å². The number of hydrogen-bond acceptors (Lipinski definition) is 5. The monoisotopic (exact) mass is 340 g/mol. The van der Waals surface area contributed by atoms with Crippen molar-refractivity contribution < 1.29 is 4.74 Å². The van der Waals surface area contributed by atoms with Gasteiger partial charge in [-0.15, -0.1) is 0 Å². The van der Waals surface area contributed by atoms with Crippen LogP contribution < -0.4 is 5.32 Å². The van der Waals surface area contributed by atoms with E-state index in [1.54, 1.807) is 0 Å². The third kappa shape index (κ3) is 3.17. The lowest BCUT2D eigenvalue weighted by Crippen LogP contribution is -2.36. The molecule has 0 unspecified atom stereocenters. The van der Waals surface area contributed by atoms with Crippen LogP contribution in [0.5, 0.6) is 0 Å². The van der Waals surface area contributed by atoms with E-state index in [9.17, 15) is 0 Å². The summed E-state index contributed by atoms with van der Waals surface area (Å²) in [5.41, 5.74) is 4.44. The molecule has 7 nitrogen and oxygen atoms in total. The highest BCUT2D eigenvalue weighted by Crippen LogP contribution is 2.27. The first-order valence-electron chi connectivity index (χ1n) is 8.73. The molecule has 0 amide bonds. The Labute approximate surface area is 147 Å². The van der Waals surface area contributed by atoms with E-state index < -0.39 is 0 Å². The highest BCUT2D eigenvalue weighted by atomic mass is 16.5. The number of ether oxygens (including phenoxy) is 1. The van der Waals surface area contributed by atoms with Gasteiger partial charge in [0, 0.05) is 37.6 Å². The van der Waals surface area contributed by atoms with Gasteiger partial charge in [0.25, 0.3) is 0 Å². The van der Waals surface area contributed by atoms with Gasteiger partial charge in [-0.1, -0.05) is 0 Å². The number of rotatable bonds is 4. The molecule has 3 aromatic rings. The fourth-order valence-corrected chi connectivity index (χ4v) is 3.64. The SMILES string of the molecule is Cc1cc(C)n2c(CN[C@H]3CCO[C@H](c4cncn4C)C3)cnc2n1. The Morgan fingerprint density at radius 2 is 2.20 bits per heavy atom. The van der Waals surface area contributed by atoms with Gasteiger partial charge in [-0.05, 0) is 32.8 Å². The molecule has 1 saturated heterocycles. The van der Waals surface area contributed by atoms with E-state index >= 15 is 0 Å². The van der Waals surface area contributed by atoms with Crippen molar-refractivity contribution in [2.45, 2.75) is 45.4 Å². The van der Waals surface area contributed by atoms with Crippen molar-refractivity contribution in [3.63, 3.8) is 0 Å². The summed E-state index contributed by atoms with van der Waals surface area (Å²) in [4.78, 5) is 13.2. The number of hydrogen-bond donors (Lipinski definition) is 1. The van der Waals surface area contributed by atoms with Gasteiger partial charge >= 0.3 is 0 Å². The van der Waals surface area contributed by atoms with Crippen molar-refractivity contribution in [1.29, 1.82) is 0 Å². The van der Waals surface area contributed by atoms with Crippen LogP contribution in [0.1, 0.15) is 41.7 Å². The van der Waals surface area contributed by atoms with Crippen molar-refractivity contribution in [1.82, 2.24) is 29.2 Å². The zero-order valence-electron chi connectivity index (χ0n) is 14.9. The van der Waals surface area contributed by atoms with Gasteiger partial charge in [0.15, 0.2) is 0 Å². The number of aromatic nitrogens is 5. The van der Waals surface area contributed by atoms with Crippen LogP contribution >= 0.6 is 0 Å². The first-order valence-corrected chi connectivity index (χ1v) is 8.73. The lowest BCUT2D eigenvalue weighted by Gasteiger charge is -2.30. The van der Waals surface area contributed by atoms with E-state index in [0.29, 0.717) is 6.04 Å². The topological polar surface area (TPSA) is 69.3 Å². The van der Waals surface area contributed by atoms with Gasteiger partial charge in [0.2, 0.25) is 5.78 Å². The number of nitrogens with one attached hydrogen (secondary N) is 1. The second kappa shape index (κ2) is 6.57. The van der Waals surface area contributed by atoms with Crippen molar-refractivity contribution in [2.24, 2.45) is 7.05 Å². The molecule has 132 valence electrons. The lowest BCUT2D eigenvalue weighted by molar-refractivity contribution is -0.00410. The second-order valence-electron chi connectivity index (χ2n) is 6.81. The summed E-state index contributed by atoms with van der Waals surface area (Å²) < 4.78 is 10.1. The van der Waals surface area contributed by atoms with Crippen LogP contribution in [0.3, 0.4) is 0 Å². The first kappa shape index (κ1) is 16.2. The molecule has 0 bridgehead atoms. The third-order valence-electron chi connectivity index (χ3n) is 4.90. The normalized spacial score (nSPS) is 21.1. The molecule has 0 radical (unpaired) electrons. The maximum absolute atomic E-state index is 5.94. The molecule has 2 atom stereocenters. The predicted octanol–water partition coefficient (Wildman–Crippen LogP) is 2.09. The number of fused-ring (bicyclic) bond motifs is 1. The molecule has 1 aliphatic heterocycles. The summed E-state index contributed by atoms with van der Waals surface area (Å²) in [5.74, 6) is 0.772. The molecule has 1 aliphatic rings. The molecule has 25 heavy (non-hydrogen) atoms. The molecule has 3 aromatic heterocycles. The Balaban J connectivity index is 1.46. The summed E-state index contributed by atoms with van der Waals surface area (Å²) in [6, 6.07) is 2.50. The van der Waals surface area contributed by atoms with Crippen molar-refractivity contribution in [2.75, 3.05) is 6.61 Å². The first-order chi connectivity index (χ1) is 12.1. The minimum Gasteiger partial charge on any atom is -0.372 e. The van der Waals surface area contributed by atoms with Gasteiger partial charge in [0.1, 0.15) is 6.10 Å². The minimum atomic E-state index is 0.104. The Hall–Kier alpha value is -2.25. The van der Waals surface area contributed by atoms with Crippen molar-refractivity contribution >= 4 is 5.78 Å². The summed E-state index contributed by atoms with van der Waals surface area (Å²) in [5, 5.41) is 3.67. The smallest absolute Gasteiger partial charge is 0.234 e. The van der Waals surface area contributed by atoms with Crippen molar-refractivity contribution in [3.05, 3.63) is 47.6 Å². The summed E-state index contributed by atoms with van der Waals surface area (Å²) in [6.45, 7) is 5.63. The largest absolute Gasteiger partial charge is 0.372 e. The van der Waals surface area contributed by atoms with Crippen molar-refractivity contribution in [3.8, 4) is 0 Å². The molecule has 1 N–H and O–H groups in total. The second-order valence-corrected chi connectivity index (χ2v) is 6.81. The highest BCUT2D eigenvalue weighted by Gasteiger charge is 2.25. The summed E-state index contributed by atoms with van der Waals surface area (Å²) in [6.07, 6.45) is 7.71. The standard InChI is InChI=1S/C18H24N6O/c1-12-6-13(2)24-15(9-21-18(24)22-12)8-20-14-4-5-25-17(7-14)16-10-19-11-23(16)3/h6,9-11,14,17,20H,4-5,7-8H2,1-3H3/t14-,17-/m0/s1. The molecule has 4 rings (SSSR count). The van der Waals surface area contributed by atoms with Crippen LogP contribution in [0.15, 0.2) is 24.8 Å². The maximum Gasteiger partial charge on any atom is 0.234 e. The fraction of sp³-hybridized carbons (Fsp3) is 0.500. The lowest BCUT2D eigenvalue weighted by atomic mass is 10.0. The van der Waals surface area contributed by atoms with Gasteiger partial charge in [-0.2, -0.15) is 0 Å². The quantitative estimate of drug-likeness (QED) is 0.787. The van der Waals surface area contributed by atoms with Crippen LogP contribution in [-0.4, -0.2) is 36.6 Å². The molecule has 0 aliphatic carbocycles. The molecule has 1 fully saturated rings. The van der Waals surface area contributed by atoms with E-state index in [4.69, 9.17) is 4.74 Å². The zero-order valence-corrected chi connectivity index (χ0v) is 14.9. The minimum absolute atomic E-state index is 0.104. The van der Waals surface area contributed by atoms with Crippen LogP contribution in [-0.2, 0) is 18.3 Å². The number of nitrogens with zero attached hydrogens (tertiary/aromatic N) is 5. The van der Waals surface area contributed by atoms with E-state index in [1.165, 1.54) is 0 Å². The summed E-state index contributed by atoms with van der Waals surface area (Å²) in [7, 11) is 2.01. The molecule has 0 aromatic carbocycles. The molecular weight excluding hydrogens is 316 g/mol. The predicted molar refractivity (Wildman–Crippen MR) is 94.2 cm³/mol. The average Bonchev–Trinajstić information content (AvgIpc) is 3.19. The van der Waals surface area contributed by atoms with Crippen LogP contribution in [0.4, 0.5) is 0 Å². The van der Waals surface area contributed by atoms with Gasteiger partial charge in [0.05, 0.1) is 30.1 Å². The van der Waals surface area contributed by atoms with E-state index in [2.05, 4.69) is 37.7 Å². The number of imidazole rings is 2. The molecule has 0 spiro atoms. The molecule has 0 saturated carbocycles. The van der Waals surface area contributed by atoms with Crippen LogP contribution in [0, 0.1) is 13.8 Å². The van der Waals surface area contributed by atoms with Crippen LogP contribution in [0.25, 0.3) is 5.78 Å². The molecular formula is C18H24N6O. The van der Waals surface area contributed by atoms with E-state index in [-0.39, 0.29) is 6.10 Å². The summed E-state index contributed by atoms with van der Waals surface area (Å²) >= 11 is 0. The van der Waals surface area contributed by atoms with Gasteiger partial charge in [-0.25, -0.2) is 15.0 Å². The Kier molecular flexibility index (Phi) is 4.27. The highest BCUT2D eigenvalue weighted by molar-refractivity contribution is 5.35. The fourth-order valence-electron chi connectivity index (χ4n) is 3.64. The van der Waals surface area contributed by atoms with Gasteiger partial charge < -0.3 is 14.6 Å². The Morgan fingerprint density at radius 3 is 3.00 bits per heavy atom. The van der Waals surface area contributed by atoms with Gasteiger partial charge in [-0.3, -0.25) is 4.40 Å². The maximum atomic E-state index is 5.94. The Morgan fingerprint density at radius 1 is 1.32 bits per heavy atom. The zero-order chi connectivity index (χ0) is 17.4. The molecule has 4 heterocycles. The average molecular weight is 340 g/mol. The third-order valence-corrected chi connectivity index (χ3v) is 4.90. The number of aryl methyl sites for hydroxylation is 3.